The highest BCUT2D eigenvalue weighted by molar-refractivity contribution is 6.31. The number of aromatic nitrogens is 1. The molecule has 1 saturated carbocycles. The Hall–Kier alpha value is -2.76. The summed E-state index contributed by atoms with van der Waals surface area (Å²) in [6.45, 7) is 2.03. The molecular weight excluding hydrogens is 426 g/mol. The number of rotatable bonds is 4. The van der Waals surface area contributed by atoms with E-state index in [1.807, 2.05) is 43.3 Å². The van der Waals surface area contributed by atoms with E-state index in [2.05, 4.69) is 4.98 Å². The Morgan fingerprint density at radius 2 is 1.75 bits per heavy atom. The number of hydrogen-bond acceptors (Lipinski definition) is 5. The second kappa shape index (κ2) is 7.39. The van der Waals surface area contributed by atoms with Crippen molar-refractivity contribution in [2.24, 2.45) is 11.8 Å². The van der Waals surface area contributed by atoms with Crippen LogP contribution in [0.5, 0.6) is 11.6 Å². The first-order valence-electron chi connectivity index (χ1n) is 11.1. The summed E-state index contributed by atoms with van der Waals surface area (Å²) in [6.07, 6.45) is 2.32. The van der Waals surface area contributed by atoms with Crippen molar-refractivity contribution in [2.75, 3.05) is 0 Å². The van der Waals surface area contributed by atoms with Gasteiger partial charge < -0.3 is 9.47 Å². The van der Waals surface area contributed by atoms with E-state index in [0.717, 1.165) is 34.9 Å². The van der Waals surface area contributed by atoms with E-state index in [9.17, 15) is 9.59 Å². The van der Waals surface area contributed by atoms with Gasteiger partial charge in [0.1, 0.15) is 11.7 Å². The van der Waals surface area contributed by atoms with Crippen molar-refractivity contribution in [3.63, 3.8) is 0 Å². The first-order chi connectivity index (χ1) is 15.5. The molecule has 2 saturated heterocycles. The lowest BCUT2D eigenvalue weighted by atomic mass is 9.81. The van der Waals surface area contributed by atoms with E-state index in [0.29, 0.717) is 23.1 Å². The van der Waals surface area contributed by atoms with Crippen molar-refractivity contribution < 1.29 is 19.1 Å². The third kappa shape index (κ3) is 2.99. The van der Waals surface area contributed by atoms with Crippen LogP contribution in [-0.2, 0) is 20.7 Å². The molecule has 1 unspecified atom stereocenters. The molecule has 0 amide bonds. The lowest BCUT2D eigenvalue weighted by Crippen LogP contribution is -2.29. The molecule has 1 aliphatic carbocycles. The van der Waals surface area contributed by atoms with Crippen molar-refractivity contribution in [1.82, 2.24) is 4.98 Å². The minimum absolute atomic E-state index is 0.0328. The Balaban J connectivity index is 1.30. The van der Waals surface area contributed by atoms with Gasteiger partial charge in [-0.25, -0.2) is 4.98 Å². The number of fused-ring (bicyclic) bond motifs is 6. The number of Topliss-reactive ketones (excluding diaryl/α,β-unsaturated/α-hetero) is 2. The normalized spacial score (nSPS) is 28.5. The Morgan fingerprint density at radius 1 is 1.00 bits per heavy atom. The minimum atomic E-state index is -0.676. The van der Waals surface area contributed by atoms with Gasteiger partial charge in [0.05, 0.1) is 29.6 Å². The maximum Gasteiger partial charge on any atom is 0.219 e. The number of halogens is 1. The zero-order valence-corrected chi connectivity index (χ0v) is 18.3. The van der Waals surface area contributed by atoms with E-state index >= 15 is 0 Å². The summed E-state index contributed by atoms with van der Waals surface area (Å²) in [5.41, 5.74) is 2.56. The molecule has 3 fully saturated rings. The van der Waals surface area contributed by atoms with Gasteiger partial charge in [0.2, 0.25) is 5.88 Å². The summed E-state index contributed by atoms with van der Waals surface area (Å²) in [5.74, 6) is -0.0245. The Morgan fingerprint density at radius 3 is 2.47 bits per heavy atom. The van der Waals surface area contributed by atoms with Crippen LogP contribution in [0.25, 0.3) is 10.9 Å². The third-order valence-electron chi connectivity index (χ3n) is 7.15. The molecule has 2 bridgehead atoms. The fraction of sp³-hybridized carbons (Fsp3) is 0.346. The summed E-state index contributed by atoms with van der Waals surface area (Å²) >= 11 is 6.05. The summed E-state index contributed by atoms with van der Waals surface area (Å²) in [7, 11) is 0. The van der Waals surface area contributed by atoms with Crippen molar-refractivity contribution in [3.05, 3.63) is 64.7 Å². The van der Waals surface area contributed by atoms with Crippen LogP contribution < -0.4 is 4.74 Å². The molecule has 0 radical (unpaired) electrons. The molecular formula is C26H22ClNO4. The van der Waals surface area contributed by atoms with Crippen molar-refractivity contribution >= 4 is 34.1 Å². The highest BCUT2D eigenvalue weighted by atomic mass is 35.5. The predicted molar refractivity (Wildman–Crippen MR) is 120 cm³/mol. The van der Waals surface area contributed by atoms with Crippen molar-refractivity contribution in [2.45, 2.75) is 44.3 Å². The Bertz CT molecular complexity index is 1240. The molecule has 3 aliphatic rings. The van der Waals surface area contributed by atoms with E-state index < -0.39 is 5.92 Å². The average molecular weight is 448 g/mol. The predicted octanol–water partition coefficient (Wildman–Crippen LogP) is 5.27. The standard InChI is InChI=1S/C26H22ClNO4/c1-2-13-12-16(31-21-10-3-14-11-15(27)4-7-18(14)28-21)5-6-17(13)22-25(29)23-19-8-9-20(32-19)24(23)26(22)30/h3-7,10-12,19-20,22-24H,2,8-9H2,1H3/t19-,20+,22?,23-,24+. The minimum Gasteiger partial charge on any atom is -0.439 e. The summed E-state index contributed by atoms with van der Waals surface area (Å²) in [4.78, 5) is 31.0. The largest absolute Gasteiger partial charge is 0.439 e. The topological polar surface area (TPSA) is 65.5 Å². The molecule has 5 nitrogen and oxygen atoms in total. The van der Waals surface area contributed by atoms with Gasteiger partial charge in [-0.1, -0.05) is 24.6 Å². The molecule has 6 rings (SSSR count). The zero-order valence-electron chi connectivity index (χ0n) is 17.6. The van der Waals surface area contributed by atoms with E-state index in [-0.39, 0.29) is 35.6 Å². The number of hydrogen-bond donors (Lipinski definition) is 0. The van der Waals surface area contributed by atoms with Gasteiger partial charge in [-0.15, -0.1) is 0 Å². The monoisotopic (exact) mass is 447 g/mol. The number of benzene rings is 2. The van der Waals surface area contributed by atoms with E-state index in [1.54, 1.807) is 12.1 Å². The maximum absolute atomic E-state index is 13.2. The van der Waals surface area contributed by atoms with Crippen LogP contribution in [0, 0.1) is 11.8 Å². The van der Waals surface area contributed by atoms with Crippen LogP contribution in [0.15, 0.2) is 48.5 Å². The molecule has 1 aromatic heterocycles. The number of carbonyl (C=O) groups is 2. The van der Waals surface area contributed by atoms with Gasteiger partial charge in [-0.2, -0.15) is 0 Å². The summed E-state index contributed by atoms with van der Waals surface area (Å²) < 4.78 is 11.9. The van der Waals surface area contributed by atoms with Gasteiger partial charge in [-0.05, 0) is 66.8 Å². The van der Waals surface area contributed by atoms with Crippen molar-refractivity contribution in [1.29, 1.82) is 0 Å². The van der Waals surface area contributed by atoms with Crippen LogP contribution in [-0.4, -0.2) is 28.8 Å². The smallest absolute Gasteiger partial charge is 0.219 e. The second-order valence-electron chi connectivity index (χ2n) is 8.88. The number of pyridine rings is 1. The second-order valence-corrected chi connectivity index (χ2v) is 9.32. The quantitative estimate of drug-likeness (QED) is 0.509. The zero-order chi connectivity index (χ0) is 22.0. The first-order valence-corrected chi connectivity index (χ1v) is 11.5. The number of ketones is 2. The van der Waals surface area contributed by atoms with Gasteiger partial charge in [0.25, 0.3) is 0 Å². The van der Waals surface area contributed by atoms with Crippen molar-refractivity contribution in [3.8, 4) is 11.6 Å². The summed E-state index contributed by atoms with van der Waals surface area (Å²) in [6, 6.07) is 14.9. The van der Waals surface area contributed by atoms with E-state index in [4.69, 9.17) is 21.1 Å². The van der Waals surface area contributed by atoms with Gasteiger partial charge in [0.15, 0.2) is 11.6 Å². The van der Waals surface area contributed by atoms with Crippen LogP contribution in [0.3, 0.4) is 0 Å². The highest BCUT2D eigenvalue weighted by Crippen LogP contribution is 2.52. The van der Waals surface area contributed by atoms with Gasteiger partial charge in [0, 0.05) is 16.5 Å². The highest BCUT2D eigenvalue weighted by Gasteiger charge is 2.63. The fourth-order valence-electron chi connectivity index (χ4n) is 5.72. The number of ether oxygens (including phenoxy) is 2. The molecule has 5 atom stereocenters. The number of aryl methyl sites for hydroxylation is 1. The van der Waals surface area contributed by atoms with Crippen LogP contribution >= 0.6 is 11.6 Å². The molecule has 0 N–H and O–H groups in total. The lowest BCUT2D eigenvalue weighted by molar-refractivity contribution is -0.127. The number of carbonyl (C=O) groups excluding carboxylic acids is 2. The van der Waals surface area contributed by atoms with Crippen LogP contribution in [0.4, 0.5) is 0 Å². The van der Waals surface area contributed by atoms with E-state index in [1.165, 1.54) is 0 Å². The lowest BCUT2D eigenvalue weighted by Gasteiger charge is -2.17. The molecule has 2 aromatic carbocycles. The summed E-state index contributed by atoms with van der Waals surface area (Å²) in [5, 5.41) is 1.60. The number of nitrogens with zero attached hydrogens (tertiary/aromatic N) is 1. The van der Waals surface area contributed by atoms with Crippen LogP contribution in [0.1, 0.15) is 36.8 Å². The molecule has 32 heavy (non-hydrogen) atoms. The molecule has 3 aromatic rings. The molecule has 2 aliphatic heterocycles. The average Bonchev–Trinajstić information content (AvgIpc) is 3.48. The third-order valence-corrected chi connectivity index (χ3v) is 7.39. The Labute approximate surface area is 190 Å². The molecule has 0 spiro atoms. The SMILES string of the molecule is CCc1cc(Oc2ccc3cc(Cl)ccc3n2)ccc1C1C(=O)[C@@H]2[C@H](C1=O)[C@H]1CC[C@@H]2O1. The van der Waals surface area contributed by atoms with Crippen LogP contribution in [0.2, 0.25) is 5.02 Å². The van der Waals surface area contributed by atoms with Gasteiger partial charge in [-0.3, -0.25) is 9.59 Å². The fourth-order valence-corrected chi connectivity index (χ4v) is 5.90. The maximum atomic E-state index is 13.2. The first kappa shape index (κ1) is 19.9. The molecule has 3 heterocycles. The molecule has 162 valence electrons. The Kier molecular flexibility index (Phi) is 4.60. The molecule has 6 heteroatoms. The van der Waals surface area contributed by atoms with Gasteiger partial charge >= 0.3 is 0 Å².